The number of benzene rings is 10. The molecular weight excluding hydrogens is 784 g/mol. The highest BCUT2D eigenvalue weighted by atomic mass is 15.2. The summed E-state index contributed by atoms with van der Waals surface area (Å²) in [4.78, 5) is 5.08. The molecule has 10 aromatic carbocycles. The van der Waals surface area contributed by atoms with Gasteiger partial charge >= 0.3 is 0 Å². The standard InChI is InChI=1S/C62H47BN2/c1-40-15-13-16-41(2)60(40)50-30-34-57-55(37-50)63-54-36-49(48-26-25-45-21-11-12-22-47(45)35-48)29-33-56(54)64(52-23-9-6-10-24-52)58-38-51(61-42(3)17-14-18-43(61)4)39-59(62(58)63)65(57)53-31-27-46(28-32-53)44-19-7-5-8-20-44/h5-39H,1-4H3. The van der Waals surface area contributed by atoms with Crippen LogP contribution in [0.15, 0.2) is 212 Å². The predicted octanol–water partition coefficient (Wildman–Crippen LogP) is 14.8. The highest BCUT2D eigenvalue weighted by molar-refractivity contribution is 7.00. The van der Waals surface area contributed by atoms with Crippen molar-refractivity contribution in [3.8, 4) is 44.5 Å². The first kappa shape index (κ1) is 38.8. The quantitative estimate of drug-likeness (QED) is 0.154. The molecule has 0 amide bonds. The molecule has 65 heavy (non-hydrogen) atoms. The molecule has 0 saturated carbocycles. The van der Waals surface area contributed by atoms with Gasteiger partial charge in [0, 0.05) is 34.1 Å². The third-order valence-electron chi connectivity index (χ3n) is 13.9. The van der Waals surface area contributed by atoms with Crippen molar-refractivity contribution in [2.45, 2.75) is 27.7 Å². The molecule has 0 atom stereocenters. The van der Waals surface area contributed by atoms with E-state index in [2.05, 4.69) is 250 Å². The fourth-order valence-corrected chi connectivity index (χ4v) is 11.0. The van der Waals surface area contributed by atoms with Crippen LogP contribution < -0.4 is 26.2 Å². The van der Waals surface area contributed by atoms with Crippen LogP contribution >= 0.6 is 0 Å². The second-order valence-electron chi connectivity index (χ2n) is 17.9. The summed E-state index contributed by atoms with van der Waals surface area (Å²) in [7, 11) is 0. The largest absolute Gasteiger partial charge is 0.311 e. The Balaban J connectivity index is 1.18. The van der Waals surface area contributed by atoms with Crippen LogP contribution in [-0.4, -0.2) is 6.71 Å². The van der Waals surface area contributed by atoms with Gasteiger partial charge in [-0.15, -0.1) is 0 Å². The Morgan fingerprint density at radius 1 is 0.292 bits per heavy atom. The Labute approximate surface area is 382 Å². The van der Waals surface area contributed by atoms with Gasteiger partial charge in [0.2, 0.25) is 0 Å². The molecule has 0 radical (unpaired) electrons. The van der Waals surface area contributed by atoms with Crippen LogP contribution in [-0.2, 0) is 0 Å². The van der Waals surface area contributed by atoms with Crippen LogP contribution in [0.25, 0.3) is 55.3 Å². The van der Waals surface area contributed by atoms with E-state index in [0.717, 1.165) is 11.4 Å². The normalized spacial score (nSPS) is 12.5. The second-order valence-corrected chi connectivity index (χ2v) is 17.9. The summed E-state index contributed by atoms with van der Waals surface area (Å²) in [6, 6.07) is 79.2. The lowest BCUT2D eigenvalue weighted by Gasteiger charge is -2.45. The number of hydrogen-bond acceptors (Lipinski definition) is 2. The maximum absolute atomic E-state index is 2.55. The molecule has 0 aromatic heterocycles. The lowest BCUT2D eigenvalue weighted by molar-refractivity contribution is 1.25. The fourth-order valence-electron chi connectivity index (χ4n) is 11.0. The molecule has 308 valence electrons. The number of rotatable bonds is 6. The van der Waals surface area contributed by atoms with E-state index in [1.54, 1.807) is 0 Å². The zero-order chi connectivity index (χ0) is 43.8. The Kier molecular flexibility index (Phi) is 9.21. The van der Waals surface area contributed by atoms with Crippen LogP contribution in [0.5, 0.6) is 0 Å². The minimum Gasteiger partial charge on any atom is -0.311 e. The maximum Gasteiger partial charge on any atom is 0.252 e. The molecular formula is C62H47BN2. The lowest BCUT2D eigenvalue weighted by Crippen LogP contribution is -2.61. The van der Waals surface area contributed by atoms with Gasteiger partial charge in [-0.1, -0.05) is 158 Å². The molecule has 0 spiro atoms. The smallest absolute Gasteiger partial charge is 0.252 e. The van der Waals surface area contributed by atoms with E-state index in [1.807, 2.05) is 0 Å². The average Bonchev–Trinajstić information content (AvgIpc) is 3.34. The first-order valence-electron chi connectivity index (χ1n) is 22.8. The molecule has 0 aliphatic carbocycles. The van der Waals surface area contributed by atoms with Crippen LogP contribution in [0.4, 0.5) is 34.1 Å². The number of para-hydroxylation sites is 1. The summed E-state index contributed by atoms with van der Waals surface area (Å²) < 4.78 is 0. The van der Waals surface area contributed by atoms with Crippen molar-refractivity contribution in [1.82, 2.24) is 0 Å². The third kappa shape index (κ3) is 6.41. The van der Waals surface area contributed by atoms with Gasteiger partial charge in [0.25, 0.3) is 6.71 Å². The van der Waals surface area contributed by atoms with Gasteiger partial charge in [0.1, 0.15) is 0 Å². The van der Waals surface area contributed by atoms with Gasteiger partial charge in [-0.2, -0.15) is 0 Å². The molecule has 2 aliphatic heterocycles. The van der Waals surface area contributed by atoms with E-state index in [9.17, 15) is 0 Å². The Hall–Kier alpha value is -7.88. The number of anilines is 6. The molecule has 2 heterocycles. The van der Waals surface area contributed by atoms with Crippen molar-refractivity contribution in [1.29, 1.82) is 0 Å². The first-order chi connectivity index (χ1) is 31.9. The van der Waals surface area contributed by atoms with E-state index in [-0.39, 0.29) is 6.71 Å². The van der Waals surface area contributed by atoms with Crippen LogP contribution in [0.2, 0.25) is 0 Å². The molecule has 2 nitrogen and oxygen atoms in total. The van der Waals surface area contributed by atoms with E-state index in [0.29, 0.717) is 0 Å². The van der Waals surface area contributed by atoms with Crippen molar-refractivity contribution in [3.05, 3.63) is 235 Å². The summed E-state index contributed by atoms with van der Waals surface area (Å²) in [5, 5.41) is 2.50. The molecule has 12 rings (SSSR count). The molecule has 0 N–H and O–H groups in total. The van der Waals surface area contributed by atoms with Gasteiger partial charge in [0.15, 0.2) is 0 Å². The molecule has 0 saturated heterocycles. The molecule has 0 fully saturated rings. The number of aryl methyl sites for hydroxylation is 4. The summed E-state index contributed by atoms with van der Waals surface area (Å²) in [5.41, 5.74) is 26.0. The number of nitrogens with zero attached hydrogens (tertiary/aromatic N) is 2. The van der Waals surface area contributed by atoms with E-state index in [4.69, 9.17) is 0 Å². The van der Waals surface area contributed by atoms with Crippen molar-refractivity contribution in [2.24, 2.45) is 0 Å². The summed E-state index contributed by atoms with van der Waals surface area (Å²) in [6.45, 7) is 8.93. The fraction of sp³-hybridized carbons (Fsp3) is 0.0645. The van der Waals surface area contributed by atoms with Crippen LogP contribution in [0, 0.1) is 27.7 Å². The summed E-state index contributed by atoms with van der Waals surface area (Å²) >= 11 is 0. The predicted molar refractivity (Wildman–Crippen MR) is 279 cm³/mol. The Morgan fingerprint density at radius 2 is 0.738 bits per heavy atom. The summed E-state index contributed by atoms with van der Waals surface area (Å²) in [5.74, 6) is 0. The molecule has 0 bridgehead atoms. The Morgan fingerprint density at radius 3 is 1.35 bits per heavy atom. The van der Waals surface area contributed by atoms with Gasteiger partial charge in [-0.3, -0.25) is 0 Å². The molecule has 2 aliphatic rings. The molecule has 10 aromatic rings. The van der Waals surface area contributed by atoms with Crippen molar-refractivity contribution in [2.75, 3.05) is 9.80 Å². The van der Waals surface area contributed by atoms with Crippen molar-refractivity contribution >= 4 is 68.0 Å². The maximum atomic E-state index is 2.55. The highest BCUT2D eigenvalue weighted by Crippen LogP contribution is 2.48. The molecule has 3 heteroatoms. The van der Waals surface area contributed by atoms with Gasteiger partial charge < -0.3 is 9.80 Å². The van der Waals surface area contributed by atoms with Gasteiger partial charge in [-0.05, 0) is 176 Å². The number of fused-ring (bicyclic) bond motifs is 5. The highest BCUT2D eigenvalue weighted by Gasteiger charge is 2.44. The molecule has 0 unspecified atom stereocenters. The van der Waals surface area contributed by atoms with Crippen molar-refractivity contribution < 1.29 is 0 Å². The lowest BCUT2D eigenvalue weighted by atomic mass is 9.33. The minimum atomic E-state index is -0.0542. The van der Waals surface area contributed by atoms with Gasteiger partial charge in [0.05, 0.1) is 0 Å². The first-order valence-corrected chi connectivity index (χ1v) is 22.8. The average molecular weight is 831 g/mol. The third-order valence-corrected chi connectivity index (χ3v) is 13.9. The zero-order valence-corrected chi connectivity index (χ0v) is 37.2. The van der Waals surface area contributed by atoms with Crippen LogP contribution in [0.3, 0.4) is 0 Å². The monoisotopic (exact) mass is 830 g/mol. The van der Waals surface area contributed by atoms with Crippen molar-refractivity contribution in [3.63, 3.8) is 0 Å². The van der Waals surface area contributed by atoms with E-state index in [1.165, 1.54) is 117 Å². The van der Waals surface area contributed by atoms with Crippen LogP contribution in [0.1, 0.15) is 22.3 Å². The number of hydrogen-bond donors (Lipinski definition) is 0. The van der Waals surface area contributed by atoms with E-state index < -0.39 is 0 Å². The van der Waals surface area contributed by atoms with E-state index >= 15 is 0 Å². The zero-order valence-electron chi connectivity index (χ0n) is 37.2. The topological polar surface area (TPSA) is 6.48 Å². The Bertz CT molecular complexity index is 3440. The van der Waals surface area contributed by atoms with Gasteiger partial charge in [-0.25, -0.2) is 0 Å². The SMILES string of the molecule is Cc1cccc(C)c1-c1ccc2c(c1)B1c3cc(-c4ccc5ccccc5c4)ccc3N(c3ccccc3)c3cc(-c4c(C)cccc4C)cc(c31)N2c1ccc(-c2ccccc2)cc1. The second kappa shape index (κ2) is 15.4. The summed E-state index contributed by atoms with van der Waals surface area (Å²) in [6.07, 6.45) is 0. The minimum absolute atomic E-state index is 0.0542.